The number of rotatable bonds is 3. The van der Waals surface area contributed by atoms with Gasteiger partial charge in [0.1, 0.15) is 0 Å². The van der Waals surface area contributed by atoms with E-state index in [9.17, 15) is 5.11 Å². The number of nitrogens with zero attached hydrogens (tertiary/aromatic N) is 1. The van der Waals surface area contributed by atoms with Crippen LogP contribution in [0.25, 0.3) is 0 Å². The molecule has 0 aliphatic heterocycles. The highest BCUT2D eigenvalue weighted by atomic mass is 16.3. The van der Waals surface area contributed by atoms with Gasteiger partial charge in [-0.2, -0.15) is 0 Å². The number of likely N-dealkylation sites (N-methyl/N-ethyl adjacent to an activating group) is 1. The maximum atomic E-state index is 10.1. The molecule has 2 aliphatic carbocycles. The van der Waals surface area contributed by atoms with Crippen LogP contribution in [-0.2, 0) is 0 Å². The van der Waals surface area contributed by atoms with E-state index < -0.39 is 0 Å². The zero-order valence-corrected chi connectivity index (χ0v) is 11.6. The standard InChI is InChI=1S/C15H29NO/c1-12-8-9-15(17)14(10-12)16(2)11-13-6-4-3-5-7-13/h12-15,17H,3-11H2,1-2H3. The van der Waals surface area contributed by atoms with E-state index in [2.05, 4.69) is 18.9 Å². The molecule has 0 radical (unpaired) electrons. The van der Waals surface area contributed by atoms with Crippen LogP contribution in [0.3, 0.4) is 0 Å². The van der Waals surface area contributed by atoms with Gasteiger partial charge in [-0.1, -0.05) is 26.2 Å². The predicted molar refractivity (Wildman–Crippen MR) is 72.0 cm³/mol. The second-order valence-electron chi connectivity index (χ2n) is 6.50. The molecule has 0 amide bonds. The molecule has 2 nitrogen and oxygen atoms in total. The van der Waals surface area contributed by atoms with Gasteiger partial charge in [-0.25, -0.2) is 0 Å². The topological polar surface area (TPSA) is 23.5 Å². The monoisotopic (exact) mass is 239 g/mol. The Morgan fingerprint density at radius 3 is 2.47 bits per heavy atom. The smallest absolute Gasteiger partial charge is 0.0695 e. The van der Waals surface area contributed by atoms with E-state index in [-0.39, 0.29) is 6.10 Å². The Hall–Kier alpha value is -0.0800. The summed E-state index contributed by atoms with van der Waals surface area (Å²) in [6.07, 6.45) is 10.4. The van der Waals surface area contributed by atoms with Crippen LogP contribution in [0, 0.1) is 11.8 Å². The van der Waals surface area contributed by atoms with Gasteiger partial charge >= 0.3 is 0 Å². The van der Waals surface area contributed by atoms with Gasteiger partial charge in [0.15, 0.2) is 0 Å². The molecule has 0 aromatic rings. The lowest BCUT2D eigenvalue weighted by Gasteiger charge is -2.39. The molecule has 17 heavy (non-hydrogen) atoms. The summed E-state index contributed by atoms with van der Waals surface area (Å²) in [5, 5.41) is 10.1. The van der Waals surface area contributed by atoms with E-state index in [4.69, 9.17) is 0 Å². The minimum absolute atomic E-state index is 0.0835. The normalized spacial score (nSPS) is 36.4. The van der Waals surface area contributed by atoms with E-state index in [0.29, 0.717) is 6.04 Å². The number of hydrogen-bond donors (Lipinski definition) is 1. The number of hydrogen-bond acceptors (Lipinski definition) is 2. The van der Waals surface area contributed by atoms with Crippen molar-refractivity contribution in [2.45, 2.75) is 70.4 Å². The average molecular weight is 239 g/mol. The van der Waals surface area contributed by atoms with Crippen molar-refractivity contribution in [3.05, 3.63) is 0 Å². The lowest BCUT2D eigenvalue weighted by Crippen LogP contribution is -2.46. The molecule has 0 heterocycles. The summed E-state index contributed by atoms with van der Waals surface area (Å²) >= 11 is 0. The third-order valence-electron chi connectivity index (χ3n) is 4.88. The lowest BCUT2D eigenvalue weighted by molar-refractivity contribution is 0.00911. The third-order valence-corrected chi connectivity index (χ3v) is 4.88. The van der Waals surface area contributed by atoms with E-state index >= 15 is 0 Å². The van der Waals surface area contributed by atoms with Crippen LogP contribution in [0.2, 0.25) is 0 Å². The van der Waals surface area contributed by atoms with Crippen molar-refractivity contribution >= 4 is 0 Å². The first-order valence-corrected chi connectivity index (χ1v) is 7.55. The van der Waals surface area contributed by atoms with Crippen molar-refractivity contribution in [1.29, 1.82) is 0 Å². The van der Waals surface area contributed by atoms with Crippen LogP contribution >= 0.6 is 0 Å². The predicted octanol–water partition coefficient (Wildman–Crippen LogP) is 3.05. The van der Waals surface area contributed by atoms with Gasteiger partial charge in [-0.05, 0) is 51.0 Å². The maximum absolute atomic E-state index is 10.1. The molecule has 0 saturated heterocycles. The van der Waals surface area contributed by atoms with Crippen molar-refractivity contribution in [2.75, 3.05) is 13.6 Å². The van der Waals surface area contributed by atoms with Gasteiger partial charge < -0.3 is 10.0 Å². The van der Waals surface area contributed by atoms with Crippen LogP contribution in [-0.4, -0.2) is 35.7 Å². The first kappa shape index (κ1) is 13.4. The van der Waals surface area contributed by atoms with Gasteiger partial charge in [0.2, 0.25) is 0 Å². The summed E-state index contributed by atoms with van der Waals surface area (Å²) in [4.78, 5) is 2.45. The molecular formula is C15H29NO. The average Bonchev–Trinajstić information content (AvgIpc) is 2.33. The third kappa shape index (κ3) is 3.69. The molecule has 2 rings (SSSR count). The van der Waals surface area contributed by atoms with E-state index in [1.165, 1.54) is 51.5 Å². The molecule has 2 heteroatoms. The lowest BCUT2D eigenvalue weighted by atomic mass is 9.83. The molecule has 2 aliphatic rings. The molecule has 2 saturated carbocycles. The van der Waals surface area contributed by atoms with Crippen molar-refractivity contribution in [2.24, 2.45) is 11.8 Å². The molecular weight excluding hydrogens is 210 g/mol. The molecule has 100 valence electrons. The summed E-state index contributed by atoms with van der Waals surface area (Å²) < 4.78 is 0. The molecule has 1 N–H and O–H groups in total. The molecule has 3 atom stereocenters. The van der Waals surface area contributed by atoms with Gasteiger partial charge in [0.25, 0.3) is 0 Å². The first-order chi connectivity index (χ1) is 8.16. The fourth-order valence-corrected chi connectivity index (χ4v) is 3.72. The minimum Gasteiger partial charge on any atom is -0.391 e. The fraction of sp³-hybridized carbons (Fsp3) is 1.00. The molecule has 0 bridgehead atoms. The van der Waals surface area contributed by atoms with Crippen LogP contribution in [0.5, 0.6) is 0 Å². The highest BCUT2D eigenvalue weighted by Gasteiger charge is 2.31. The summed E-state index contributed by atoms with van der Waals surface area (Å²) in [6.45, 7) is 3.53. The van der Waals surface area contributed by atoms with Crippen LogP contribution in [0.4, 0.5) is 0 Å². The Kier molecular flexibility index (Phi) is 4.87. The van der Waals surface area contributed by atoms with Crippen LogP contribution in [0.1, 0.15) is 58.3 Å². The zero-order valence-electron chi connectivity index (χ0n) is 11.6. The van der Waals surface area contributed by atoms with Crippen molar-refractivity contribution in [3.63, 3.8) is 0 Å². The summed E-state index contributed by atoms with van der Waals surface area (Å²) in [6, 6.07) is 0.417. The summed E-state index contributed by atoms with van der Waals surface area (Å²) in [7, 11) is 2.22. The van der Waals surface area contributed by atoms with Crippen LogP contribution < -0.4 is 0 Å². The van der Waals surface area contributed by atoms with Gasteiger partial charge in [0.05, 0.1) is 6.10 Å². The Morgan fingerprint density at radius 2 is 1.76 bits per heavy atom. The SMILES string of the molecule is CC1CCC(O)C(N(C)CC2CCCCC2)C1. The molecule has 0 aromatic carbocycles. The Bertz CT molecular complexity index is 225. The second kappa shape index (κ2) is 6.19. The Balaban J connectivity index is 1.82. The quantitative estimate of drug-likeness (QED) is 0.818. The number of aliphatic hydroxyl groups excluding tert-OH is 1. The van der Waals surface area contributed by atoms with Crippen molar-refractivity contribution in [3.8, 4) is 0 Å². The number of aliphatic hydroxyl groups is 1. The molecule has 0 aromatic heterocycles. The van der Waals surface area contributed by atoms with Crippen molar-refractivity contribution < 1.29 is 5.11 Å². The van der Waals surface area contributed by atoms with Crippen LogP contribution in [0.15, 0.2) is 0 Å². The largest absolute Gasteiger partial charge is 0.391 e. The van der Waals surface area contributed by atoms with Gasteiger partial charge in [-0.15, -0.1) is 0 Å². The van der Waals surface area contributed by atoms with Crippen molar-refractivity contribution in [1.82, 2.24) is 4.90 Å². The fourth-order valence-electron chi connectivity index (χ4n) is 3.72. The second-order valence-corrected chi connectivity index (χ2v) is 6.50. The van der Waals surface area contributed by atoms with Gasteiger partial charge in [-0.3, -0.25) is 0 Å². The highest BCUT2D eigenvalue weighted by molar-refractivity contribution is 4.85. The Labute approximate surface area is 106 Å². The molecule has 0 spiro atoms. The van der Waals surface area contributed by atoms with E-state index in [1.807, 2.05) is 0 Å². The Morgan fingerprint density at radius 1 is 1.06 bits per heavy atom. The first-order valence-electron chi connectivity index (χ1n) is 7.55. The zero-order chi connectivity index (χ0) is 12.3. The van der Waals surface area contributed by atoms with E-state index in [1.54, 1.807) is 0 Å². The van der Waals surface area contributed by atoms with Gasteiger partial charge in [0, 0.05) is 12.6 Å². The van der Waals surface area contributed by atoms with E-state index in [0.717, 1.165) is 18.3 Å². The summed E-state index contributed by atoms with van der Waals surface area (Å²) in [5.74, 6) is 1.68. The minimum atomic E-state index is -0.0835. The summed E-state index contributed by atoms with van der Waals surface area (Å²) in [5.41, 5.74) is 0. The maximum Gasteiger partial charge on any atom is 0.0695 e. The highest BCUT2D eigenvalue weighted by Crippen LogP contribution is 2.30. The molecule has 2 fully saturated rings. The molecule has 3 unspecified atom stereocenters.